The Morgan fingerprint density at radius 1 is 0.958 bits per heavy atom. The summed E-state index contributed by atoms with van der Waals surface area (Å²) in [6.07, 6.45) is 3.94. The maximum atomic E-state index is 5.79. The van der Waals surface area contributed by atoms with Crippen molar-refractivity contribution in [3.63, 3.8) is 0 Å². The van der Waals surface area contributed by atoms with Gasteiger partial charge >= 0.3 is 0 Å². The molecule has 24 heavy (non-hydrogen) atoms. The molecule has 0 fully saturated rings. The van der Waals surface area contributed by atoms with Crippen LogP contribution in [0.5, 0.6) is 0 Å². The number of aryl methyl sites for hydroxylation is 1. The van der Waals surface area contributed by atoms with Crippen molar-refractivity contribution in [3.8, 4) is 0 Å². The number of oxazole rings is 1. The lowest BCUT2D eigenvalue weighted by molar-refractivity contribution is 0.514. The second-order valence-electron chi connectivity index (χ2n) is 5.65. The number of anilines is 1. The summed E-state index contributed by atoms with van der Waals surface area (Å²) in [5.41, 5.74) is 3.31. The van der Waals surface area contributed by atoms with Gasteiger partial charge in [-0.1, -0.05) is 48.5 Å². The quantitative estimate of drug-likeness (QED) is 0.627. The molecule has 0 aliphatic heterocycles. The predicted molar refractivity (Wildman–Crippen MR) is 99.8 cm³/mol. The number of hydrogen-bond donors (Lipinski definition) is 0. The Kier molecular flexibility index (Phi) is 5.12. The van der Waals surface area contributed by atoms with Crippen LogP contribution >= 0.6 is 0 Å². The van der Waals surface area contributed by atoms with E-state index in [2.05, 4.69) is 53.2 Å². The average Bonchev–Trinajstić information content (AvgIpc) is 2.99. The van der Waals surface area contributed by atoms with Crippen LogP contribution in [-0.4, -0.2) is 11.5 Å². The standard InChI is InChI=1S/C21H22N2O/c1-3-23(19-12-8-5-9-13-19)16-20-17(2)24-21(22-20)15-14-18-10-6-4-7-11-18/h4-15H,3,16H2,1-2H3/b15-14+. The van der Waals surface area contributed by atoms with Gasteiger partial charge in [-0.2, -0.15) is 0 Å². The van der Waals surface area contributed by atoms with Gasteiger partial charge in [0.1, 0.15) is 11.5 Å². The Balaban J connectivity index is 1.75. The number of para-hydroxylation sites is 1. The summed E-state index contributed by atoms with van der Waals surface area (Å²) < 4.78 is 5.79. The summed E-state index contributed by atoms with van der Waals surface area (Å²) >= 11 is 0. The minimum absolute atomic E-state index is 0.649. The number of nitrogens with zero attached hydrogens (tertiary/aromatic N) is 2. The molecule has 2 aromatic carbocycles. The van der Waals surface area contributed by atoms with Crippen LogP contribution in [0.2, 0.25) is 0 Å². The minimum Gasteiger partial charge on any atom is -0.442 e. The third-order valence-corrected chi connectivity index (χ3v) is 3.97. The predicted octanol–water partition coefficient (Wildman–Crippen LogP) is 5.18. The maximum Gasteiger partial charge on any atom is 0.219 e. The maximum absolute atomic E-state index is 5.79. The number of rotatable bonds is 6. The molecular formula is C21H22N2O. The van der Waals surface area contributed by atoms with Crippen molar-refractivity contribution in [2.24, 2.45) is 0 Å². The fourth-order valence-electron chi connectivity index (χ4n) is 2.61. The van der Waals surface area contributed by atoms with Gasteiger partial charge in [-0.05, 0) is 37.6 Å². The second-order valence-corrected chi connectivity index (χ2v) is 5.65. The lowest BCUT2D eigenvalue weighted by Gasteiger charge is -2.22. The molecule has 0 bridgehead atoms. The van der Waals surface area contributed by atoms with Gasteiger partial charge in [0, 0.05) is 18.3 Å². The van der Waals surface area contributed by atoms with Crippen molar-refractivity contribution >= 4 is 17.8 Å². The smallest absolute Gasteiger partial charge is 0.219 e. The number of benzene rings is 2. The van der Waals surface area contributed by atoms with E-state index in [4.69, 9.17) is 4.42 Å². The summed E-state index contributed by atoms with van der Waals surface area (Å²) in [5, 5.41) is 0. The highest BCUT2D eigenvalue weighted by Gasteiger charge is 2.12. The minimum atomic E-state index is 0.649. The largest absolute Gasteiger partial charge is 0.442 e. The molecule has 0 aliphatic rings. The number of hydrogen-bond acceptors (Lipinski definition) is 3. The Morgan fingerprint density at radius 3 is 2.29 bits per heavy atom. The van der Waals surface area contributed by atoms with Crippen molar-refractivity contribution in [1.29, 1.82) is 0 Å². The van der Waals surface area contributed by atoms with Crippen LogP contribution in [0.3, 0.4) is 0 Å². The van der Waals surface area contributed by atoms with Gasteiger partial charge in [-0.3, -0.25) is 0 Å². The molecule has 122 valence electrons. The van der Waals surface area contributed by atoms with Crippen LogP contribution in [0.4, 0.5) is 5.69 Å². The first-order valence-electron chi connectivity index (χ1n) is 8.25. The van der Waals surface area contributed by atoms with Crippen molar-refractivity contribution in [2.45, 2.75) is 20.4 Å². The van der Waals surface area contributed by atoms with Gasteiger partial charge < -0.3 is 9.32 Å². The van der Waals surface area contributed by atoms with E-state index < -0.39 is 0 Å². The first kappa shape index (κ1) is 16.1. The Hall–Kier alpha value is -2.81. The molecule has 3 nitrogen and oxygen atoms in total. The zero-order chi connectivity index (χ0) is 16.8. The van der Waals surface area contributed by atoms with Crippen molar-refractivity contribution in [3.05, 3.63) is 83.6 Å². The summed E-state index contributed by atoms with van der Waals surface area (Å²) in [4.78, 5) is 6.93. The van der Waals surface area contributed by atoms with E-state index in [0.717, 1.165) is 30.1 Å². The lowest BCUT2D eigenvalue weighted by atomic mass is 10.2. The van der Waals surface area contributed by atoms with Crippen molar-refractivity contribution in [2.75, 3.05) is 11.4 Å². The first-order chi connectivity index (χ1) is 11.8. The summed E-state index contributed by atoms with van der Waals surface area (Å²) in [5.74, 6) is 1.52. The fraction of sp³-hybridized carbons (Fsp3) is 0.190. The molecule has 0 unspecified atom stereocenters. The highest BCUT2D eigenvalue weighted by Crippen LogP contribution is 2.19. The fourth-order valence-corrected chi connectivity index (χ4v) is 2.61. The van der Waals surface area contributed by atoms with Crippen LogP contribution in [-0.2, 0) is 6.54 Å². The van der Waals surface area contributed by atoms with Crippen molar-refractivity contribution in [1.82, 2.24) is 4.98 Å². The molecular weight excluding hydrogens is 296 g/mol. The summed E-state index contributed by atoms with van der Waals surface area (Å²) in [6, 6.07) is 20.5. The van der Waals surface area contributed by atoms with Gasteiger partial charge in [-0.15, -0.1) is 0 Å². The highest BCUT2D eigenvalue weighted by molar-refractivity contribution is 5.66. The van der Waals surface area contributed by atoms with Gasteiger partial charge in [0.05, 0.1) is 6.54 Å². The summed E-state index contributed by atoms with van der Waals surface area (Å²) in [6.45, 7) is 5.79. The van der Waals surface area contributed by atoms with Gasteiger partial charge in [-0.25, -0.2) is 4.98 Å². The van der Waals surface area contributed by atoms with Crippen LogP contribution < -0.4 is 4.90 Å². The monoisotopic (exact) mass is 318 g/mol. The van der Waals surface area contributed by atoms with Gasteiger partial charge in [0.15, 0.2) is 0 Å². The van der Waals surface area contributed by atoms with E-state index in [0.29, 0.717) is 5.89 Å². The highest BCUT2D eigenvalue weighted by atomic mass is 16.4. The number of aromatic nitrogens is 1. The summed E-state index contributed by atoms with van der Waals surface area (Å²) in [7, 11) is 0. The van der Waals surface area contributed by atoms with Crippen LogP contribution in [0.25, 0.3) is 12.2 Å². The Bertz CT molecular complexity index is 791. The Labute approximate surface area is 143 Å². The molecule has 0 saturated heterocycles. The first-order valence-corrected chi connectivity index (χ1v) is 8.25. The second kappa shape index (κ2) is 7.64. The Morgan fingerprint density at radius 2 is 1.62 bits per heavy atom. The van der Waals surface area contributed by atoms with E-state index in [-0.39, 0.29) is 0 Å². The molecule has 1 aromatic heterocycles. The molecule has 0 spiro atoms. The van der Waals surface area contributed by atoms with E-state index in [1.807, 2.05) is 43.3 Å². The molecule has 0 saturated carbocycles. The molecule has 3 aromatic rings. The van der Waals surface area contributed by atoms with Gasteiger partial charge in [0.2, 0.25) is 5.89 Å². The molecule has 1 heterocycles. The zero-order valence-electron chi connectivity index (χ0n) is 14.1. The molecule has 0 N–H and O–H groups in total. The van der Waals surface area contributed by atoms with Crippen molar-refractivity contribution < 1.29 is 4.42 Å². The molecule has 0 atom stereocenters. The average molecular weight is 318 g/mol. The normalized spacial score (nSPS) is 11.1. The molecule has 3 rings (SSSR count). The topological polar surface area (TPSA) is 29.3 Å². The van der Waals surface area contributed by atoms with Crippen LogP contribution in [0.15, 0.2) is 65.1 Å². The van der Waals surface area contributed by atoms with E-state index in [9.17, 15) is 0 Å². The zero-order valence-corrected chi connectivity index (χ0v) is 14.1. The van der Waals surface area contributed by atoms with Gasteiger partial charge in [0.25, 0.3) is 0 Å². The van der Waals surface area contributed by atoms with E-state index in [1.165, 1.54) is 5.69 Å². The lowest BCUT2D eigenvalue weighted by Crippen LogP contribution is -2.22. The molecule has 3 heteroatoms. The van der Waals surface area contributed by atoms with Crippen LogP contribution in [0.1, 0.15) is 29.8 Å². The molecule has 0 amide bonds. The molecule has 0 radical (unpaired) electrons. The molecule has 0 aliphatic carbocycles. The third kappa shape index (κ3) is 3.93. The van der Waals surface area contributed by atoms with E-state index in [1.54, 1.807) is 0 Å². The SMILES string of the molecule is CCN(Cc1nc(/C=C/c2ccccc2)oc1C)c1ccccc1. The van der Waals surface area contributed by atoms with Crippen LogP contribution in [0, 0.1) is 6.92 Å². The van der Waals surface area contributed by atoms with E-state index >= 15 is 0 Å². The third-order valence-electron chi connectivity index (χ3n) is 3.97.